The van der Waals surface area contributed by atoms with Gasteiger partial charge in [0.15, 0.2) is 6.10 Å². The number of hydrogen-bond donors (Lipinski definition) is 1. The third-order valence-corrected chi connectivity index (χ3v) is 4.33. The molecule has 0 radical (unpaired) electrons. The second-order valence-corrected chi connectivity index (χ2v) is 6.44. The number of anilines is 1. The van der Waals surface area contributed by atoms with E-state index in [4.69, 9.17) is 9.47 Å². The van der Waals surface area contributed by atoms with Crippen LogP contribution in [0.5, 0.6) is 11.5 Å². The van der Waals surface area contributed by atoms with Gasteiger partial charge in [-0.05, 0) is 37.6 Å². The van der Waals surface area contributed by atoms with Crippen molar-refractivity contribution in [3.63, 3.8) is 0 Å². The molecule has 1 atom stereocenters. The lowest BCUT2D eigenvalue weighted by molar-refractivity contribution is -0.122. The molecule has 0 saturated heterocycles. The Morgan fingerprint density at radius 1 is 1.21 bits per heavy atom. The van der Waals surface area contributed by atoms with E-state index in [1.165, 1.54) is 24.2 Å². The molecule has 0 bridgehead atoms. The molecule has 7 heteroatoms. The first-order valence-electron chi connectivity index (χ1n) is 8.06. The van der Waals surface area contributed by atoms with E-state index < -0.39 is 6.10 Å². The predicted octanol–water partition coefficient (Wildman–Crippen LogP) is 3.69. The largest absolute Gasteiger partial charge is 0.497 e. The standard InChI is InChI=1S/C17H23N3O3S/c1-4-5-6-7-15-19-20-17(24-15)18-16(21)12(2)23-14-10-8-13(22-3)9-11-14/h8-12H,4-7H2,1-3H3,(H,18,20,21). The maximum Gasteiger partial charge on any atom is 0.266 e. The Morgan fingerprint density at radius 2 is 1.92 bits per heavy atom. The van der Waals surface area contributed by atoms with Gasteiger partial charge in [0, 0.05) is 6.42 Å². The number of carbonyl (C=O) groups is 1. The van der Waals surface area contributed by atoms with E-state index in [0.29, 0.717) is 10.9 Å². The molecule has 2 aromatic rings. The van der Waals surface area contributed by atoms with E-state index >= 15 is 0 Å². The number of carbonyl (C=O) groups excluding carboxylic acids is 1. The average molecular weight is 349 g/mol. The normalized spacial score (nSPS) is 11.8. The number of nitrogens with zero attached hydrogens (tertiary/aromatic N) is 2. The van der Waals surface area contributed by atoms with Crippen molar-refractivity contribution in [3.05, 3.63) is 29.3 Å². The molecule has 0 spiro atoms. The monoisotopic (exact) mass is 349 g/mol. The Morgan fingerprint density at radius 3 is 2.58 bits per heavy atom. The molecular formula is C17H23N3O3S. The summed E-state index contributed by atoms with van der Waals surface area (Å²) in [6.07, 6.45) is 3.71. The average Bonchev–Trinajstić information content (AvgIpc) is 3.03. The zero-order valence-electron chi connectivity index (χ0n) is 14.2. The molecule has 0 aliphatic heterocycles. The number of amides is 1. The number of unbranched alkanes of at least 4 members (excludes halogenated alkanes) is 2. The van der Waals surface area contributed by atoms with Gasteiger partial charge in [0.05, 0.1) is 7.11 Å². The van der Waals surface area contributed by atoms with Gasteiger partial charge in [-0.1, -0.05) is 31.1 Å². The number of benzene rings is 1. The summed E-state index contributed by atoms with van der Waals surface area (Å²) in [7, 11) is 1.60. The third kappa shape index (κ3) is 5.49. The minimum atomic E-state index is -0.633. The molecule has 0 saturated carbocycles. The topological polar surface area (TPSA) is 73.3 Å². The molecule has 6 nitrogen and oxygen atoms in total. The summed E-state index contributed by atoms with van der Waals surface area (Å²) in [4.78, 5) is 12.2. The maximum absolute atomic E-state index is 12.2. The van der Waals surface area contributed by atoms with E-state index in [0.717, 1.165) is 23.6 Å². The van der Waals surface area contributed by atoms with Crippen LogP contribution in [0.15, 0.2) is 24.3 Å². The Labute approximate surface area is 146 Å². The highest BCUT2D eigenvalue weighted by molar-refractivity contribution is 7.15. The highest BCUT2D eigenvalue weighted by Crippen LogP contribution is 2.20. The first-order chi connectivity index (χ1) is 11.6. The first kappa shape index (κ1) is 18.2. The Balaban J connectivity index is 1.84. The zero-order valence-corrected chi connectivity index (χ0v) is 15.1. The molecule has 2 rings (SSSR count). The number of aromatic nitrogens is 2. The second-order valence-electron chi connectivity index (χ2n) is 5.38. The molecule has 1 aromatic heterocycles. The van der Waals surface area contributed by atoms with Crippen LogP contribution in [0.1, 0.15) is 38.1 Å². The Bertz CT molecular complexity index is 643. The van der Waals surface area contributed by atoms with Gasteiger partial charge in [0.2, 0.25) is 5.13 Å². The molecule has 130 valence electrons. The van der Waals surface area contributed by atoms with E-state index in [-0.39, 0.29) is 5.91 Å². The van der Waals surface area contributed by atoms with E-state index in [9.17, 15) is 4.79 Å². The van der Waals surface area contributed by atoms with Crippen molar-refractivity contribution in [1.29, 1.82) is 0 Å². The molecule has 0 aliphatic carbocycles. The molecule has 24 heavy (non-hydrogen) atoms. The summed E-state index contributed by atoms with van der Waals surface area (Å²) in [5, 5.41) is 12.3. The number of nitrogens with one attached hydrogen (secondary N) is 1. The fourth-order valence-electron chi connectivity index (χ4n) is 2.05. The van der Waals surface area contributed by atoms with E-state index in [2.05, 4.69) is 22.4 Å². The SMILES string of the molecule is CCCCCc1nnc(NC(=O)C(C)Oc2ccc(OC)cc2)s1. The van der Waals surface area contributed by atoms with Gasteiger partial charge in [0.1, 0.15) is 16.5 Å². The van der Waals surface area contributed by atoms with Crippen molar-refractivity contribution in [2.75, 3.05) is 12.4 Å². The quantitative estimate of drug-likeness (QED) is 0.699. The van der Waals surface area contributed by atoms with Crippen molar-refractivity contribution in [3.8, 4) is 11.5 Å². The van der Waals surface area contributed by atoms with E-state index in [1.54, 1.807) is 38.3 Å². The van der Waals surface area contributed by atoms with Crippen molar-refractivity contribution in [2.45, 2.75) is 45.6 Å². The van der Waals surface area contributed by atoms with E-state index in [1.807, 2.05) is 0 Å². The van der Waals surface area contributed by atoms with Gasteiger partial charge in [-0.2, -0.15) is 0 Å². The minimum Gasteiger partial charge on any atom is -0.497 e. The lowest BCUT2D eigenvalue weighted by Gasteiger charge is -2.13. The zero-order chi connectivity index (χ0) is 17.4. The number of methoxy groups -OCH3 is 1. The van der Waals surface area contributed by atoms with Crippen LogP contribution in [0.2, 0.25) is 0 Å². The summed E-state index contributed by atoms with van der Waals surface area (Å²) >= 11 is 1.41. The van der Waals surface area contributed by atoms with Crippen molar-refractivity contribution in [1.82, 2.24) is 10.2 Å². The van der Waals surface area contributed by atoms with Crippen LogP contribution in [0.3, 0.4) is 0 Å². The second kappa shape index (κ2) is 9.22. The highest BCUT2D eigenvalue weighted by Gasteiger charge is 2.17. The van der Waals surface area contributed by atoms with Crippen LogP contribution in [0.4, 0.5) is 5.13 Å². The Hall–Kier alpha value is -2.15. The molecule has 1 N–H and O–H groups in total. The summed E-state index contributed by atoms with van der Waals surface area (Å²) in [5.41, 5.74) is 0. The summed E-state index contributed by atoms with van der Waals surface area (Å²) in [6, 6.07) is 7.10. The van der Waals surface area contributed by atoms with Crippen LogP contribution >= 0.6 is 11.3 Å². The Kier molecular flexibility index (Phi) is 6.99. The predicted molar refractivity (Wildman–Crippen MR) is 94.9 cm³/mol. The number of hydrogen-bond acceptors (Lipinski definition) is 6. The van der Waals surface area contributed by atoms with Gasteiger partial charge in [-0.15, -0.1) is 10.2 Å². The smallest absolute Gasteiger partial charge is 0.266 e. The van der Waals surface area contributed by atoms with Crippen molar-refractivity contribution >= 4 is 22.4 Å². The molecule has 1 heterocycles. The van der Waals surface area contributed by atoms with Gasteiger partial charge in [-0.25, -0.2) is 0 Å². The number of rotatable bonds is 9. The van der Waals surface area contributed by atoms with Crippen LogP contribution in [-0.2, 0) is 11.2 Å². The van der Waals surface area contributed by atoms with Gasteiger partial charge in [-0.3, -0.25) is 10.1 Å². The fraction of sp³-hybridized carbons (Fsp3) is 0.471. The summed E-state index contributed by atoms with van der Waals surface area (Å²) in [6.45, 7) is 3.86. The molecule has 1 amide bonds. The molecule has 0 fully saturated rings. The lowest BCUT2D eigenvalue weighted by Crippen LogP contribution is -2.30. The van der Waals surface area contributed by atoms with Crippen LogP contribution in [-0.4, -0.2) is 29.3 Å². The molecule has 0 aliphatic rings. The van der Waals surface area contributed by atoms with Crippen LogP contribution in [0, 0.1) is 0 Å². The molecule has 1 unspecified atom stereocenters. The fourth-order valence-corrected chi connectivity index (χ4v) is 2.83. The lowest BCUT2D eigenvalue weighted by atomic mass is 10.2. The van der Waals surface area contributed by atoms with Crippen LogP contribution < -0.4 is 14.8 Å². The summed E-state index contributed by atoms with van der Waals surface area (Å²) < 4.78 is 10.7. The minimum absolute atomic E-state index is 0.248. The number of aryl methyl sites for hydroxylation is 1. The van der Waals surface area contributed by atoms with Crippen LogP contribution in [0.25, 0.3) is 0 Å². The molecular weight excluding hydrogens is 326 g/mol. The van der Waals surface area contributed by atoms with Gasteiger partial charge >= 0.3 is 0 Å². The third-order valence-electron chi connectivity index (χ3n) is 3.43. The highest BCUT2D eigenvalue weighted by atomic mass is 32.1. The number of ether oxygens (including phenoxy) is 2. The van der Waals surface area contributed by atoms with Gasteiger partial charge in [0.25, 0.3) is 5.91 Å². The van der Waals surface area contributed by atoms with Crippen molar-refractivity contribution < 1.29 is 14.3 Å². The maximum atomic E-state index is 12.2. The first-order valence-corrected chi connectivity index (χ1v) is 8.88. The molecule has 1 aromatic carbocycles. The van der Waals surface area contributed by atoms with Gasteiger partial charge < -0.3 is 9.47 Å². The summed E-state index contributed by atoms with van der Waals surface area (Å²) in [5.74, 6) is 1.10. The van der Waals surface area contributed by atoms with Crippen molar-refractivity contribution in [2.24, 2.45) is 0 Å².